The monoisotopic (exact) mass is 244 g/mol. The lowest BCUT2D eigenvalue weighted by Crippen LogP contribution is -2.13. The number of aromatic nitrogens is 1. The minimum Gasteiger partial charge on any atom is -0.370 e. The smallest absolute Gasteiger partial charge is 0.370 e. The van der Waals surface area contributed by atoms with E-state index in [1.54, 1.807) is 0 Å². The van der Waals surface area contributed by atoms with Crippen LogP contribution in [0.2, 0.25) is 0 Å². The lowest BCUT2D eigenvalue weighted by Gasteiger charge is -2.12. The summed E-state index contributed by atoms with van der Waals surface area (Å²) >= 11 is 0. The van der Waals surface area contributed by atoms with Crippen LogP contribution in [0.3, 0.4) is 0 Å². The second-order valence-electron chi connectivity index (χ2n) is 4.46. The molecule has 1 saturated carbocycles. The standard InChI is InChI=1S/C12H15F3N2/c13-12(14,15)10-5-6-16-11(7-10)17-8-9-3-1-2-4-9/h5-7,9H,1-4,8H2,(H,16,17). The maximum atomic E-state index is 12.5. The van der Waals surface area contributed by atoms with E-state index in [4.69, 9.17) is 0 Å². The molecule has 1 aromatic rings. The van der Waals surface area contributed by atoms with Gasteiger partial charge in [0.2, 0.25) is 0 Å². The highest BCUT2D eigenvalue weighted by Crippen LogP contribution is 2.30. The van der Waals surface area contributed by atoms with Crippen LogP contribution in [0.5, 0.6) is 0 Å². The molecule has 1 fully saturated rings. The van der Waals surface area contributed by atoms with Gasteiger partial charge in [-0.2, -0.15) is 13.2 Å². The number of nitrogens with one attached hydrogen (secondary N) is 1. The molecule has 2 rings (SSSR count). The molecule has 0 aliphatic heterocycles. The fourth-order valence-corrected chi connectivity index (χ4v) is 2.17. The zero-order chi connectivity index (χ0) is 12.3. The number of pyridine rings is 1. The van der Waals surface area contributed by atoms with Gasteiger partial charge in [0.05, 0.1) is 5.56 Å². The Morgan fingerprint density at radius 1 is 1.29 bits per heavy atom. The predicted molar refractivity (Wildman–Crippen MR) is 59.7 cm³/mol. The number of hydrogen-bond acceptors (Lipinski definition) is 2. The molecule has 0 saturated heterocycles. The molecule has 0 unspecified atom stereocenters. The van der Waals surface area contributed by atoms with Gasteiger partial charge >= 0.3 is 6.18 Å². The van der Waals surface area contributed by atoms with Crippen LogP contribution < -0.4 is 5.32 Å². The lowest BCUT2D eigenvalue weighted by molar-refractivity contribution is -0.137. The Kier molecular flexibility index (Phi) is 3.54. The molecule has 0 atom stereocenters. The predicted octanol–water partition coefficient (Wildman–Crippen LogP) is 3.70. The SMILES string of the molecule is FC(F)(F)c1ccnc(NCC2CCCC2)c1. The van der Waals surface area contributed by atoms with Crippen LogP contribution in [0.15, 0.2) is 18.3 Å². The fourth-order valence-electron chi connectivity index (χ4n) is 2.17. The van der Waals surface area contributed by atoms with Gasteiger partial charge in [0, 0.05) is 12.7 Å². The van der Waals surface area contributed by atoms with Crippen molar-refractivity contribution in [1.29, 1.82) is 0 Å². The van der Waals surface area contributed by atoms with Gasteiger partial charge in [-0.1, -0.05) is 12.8 Å². The van der Waals surface area contributed by atoms with Crippen molar-refractivity contribution in [2.24, 2.45) is 5.92 Å². The number of alkyl halides is 3. The van der Waals surface area contributed by atoms with Crippen LogP contribution in [0.1, 0.15) is 31.2 Å². The molecule has 1 aliphatic rings. The average Bonchev–Trinajstić information content (AvgIpc) is 2.78. The first kappa shape index (κ1) is 12.2. The Bertz CT molecular complexity index is 370. The Hall–Kier alpha value is -1.26. The van der Waals surface area contributed by atoms with Gasteiger partial charge in [0.15, 0.2) is 0 Å². The quantitative estimate of drug-likeness (QED) is 0.876. The van der Waals surface area contributed by atoms with Crippen molar-refractivity contribution in [3.63, 3.8) is 0 Å². The first-order valence-corrected chi connectivity index (χ1v) is 5.83. The molecule has 2 nitrogen and oxygen atoms in total. The molecule has 1 aliphatic carbocycles. The molecule has 0 aromatic carbocycles. The summed E-state index contributed by atoms with van der Waals surface area (Å²) in [4.78, 5) is 3.90. The Morgan fingerprint density at radius 2 is 2.00 bits per heavy atom. The third-order valence-corrected chi connectivity index (χ3v) is 3.13. The summed E-state index contributed by atoms with van der Waals surface area (Å²) in [6.07, 6.45) is 1.66. The zero-order valence-electron chi connectivity index (χ0n) is 9.43. The second kappa shape index (κ2) is 4.94. The summed E-state index contributed by atoms with van der Waals surface area (Å²) in [7, 11) is 0. The van der Waals surface area contributed by atoms with Crippen molar-refractivity contribution in [2.45, 2.75) is 31.9 Å². The highest BCUT2D eigenvalue weighted by molar-refractivity contribution is 5.38. The average molecular weight is 244 g/mol. The Labute approximate surface area is 98.2 Å². The normalized spacial score (nSPS) is 17.4. The Balaban J connectivity index is 1.96. The van der Waals surface area contributed by atoms with Crippen molar-refractivity contribution in [3.05, 3.63) is 23.9 Å². The molecular weight excluding hydrogens is 229 g/mol. The van der Waals surface area contributed by atoms with E-state index in [2.05, 4.69) is 10.3 Å². The number of rotatable bonds is 3. The van der Waals surface area contributed by atoms with Crippen molar-refractivity contribution >= 4 is 5.82 Å². The van der Waals surface area contributed by atoms with Gasteiger partial charge in [-0.3, -0.25) is 0 Å². The van der Waals surface area contributed by atoms with Crippen LogP contribution in [-0.4, -0.2) is 11.5 Å². The molecule has 0 spiro atoms. The van der Waals surface area contributed by atoms with E-state index in [0.29, 0.717) is 18.3 Å². The summed E-state index contributed by atoms with van der Waals surface area (Å²) < 4.78 is 37.4. The highest BCUT2D eigenvalue weighted by atomic mass is 19.4. The maximum absolute atomic E-state index is 12.5. The fraction of sp³-hybridized carbons (Fsp3) is 0.583. The van der Waals surface area contributed by atoms with E-state index in [1.807, 2.05) is 0 Å². The van der Waals surface area contributed by atoms with Crippen molar-refractivity contribution in [1.82, 2.24) is 4.98 Å². The molecular formula is C12H15F3N2. The maximum Gasteiger partial charge on any atom is 0.416 e. The molecule has 1 aromatic heterocycles. The van der Waals surface area contributed by atoms with Crippen molar-refractivity contribution < 1.29 is 13.2 Å². The summed E-state index contributed by atoms with van der Waals surface area (Å²) in [6.45, 7) is 0.717. The van der Waals surface area contributed by atoms with E-state index in [9.17, 15) is 13.2 Å². The van der Waals surface area contributed by atoms with Gasteiger partial charge in [0.1, 0.15) is 5.82 Å². The highest BCUT2D eigenvalue weighted by Gasteiger charge is 2.30. The van der Waals surface area contributed by atoms with Crippen molar-refractivity contribution in [2.75, 3.05) is 11.9 Å². The van der Waals surface area contributed by atoms with Crippen LogP contribution in [0.4, 0.5) is 19.0 Å². The van der Waals surface area contributed by atoms with Gasteiger partial charge in [0.25, 0.3) is 0 Å². The number of nitrogens with zero attached hydrogens (tertiary/aromatic N) is 1. The third-order valence-electron chi connectivity index (χ3n) is 3.13. The largest absolute Gasteiger partial charge is 0.416 e. The van der Waals surface area contributed by atoms with E-state index in [1.165, 1.54) is 19.0 Å². The van der Waals surface area contributed by atoms with Crippen molar-refractivity contribution in [3.8, 4) is 0 Å². The Morgan fingerprint density at radius 3 is 2.65 bits per heavy atom. The third kappa shape index (κ3) is 3.35. The number of hydrogen-bond donors (Lipinski definition) is 1. The van der Waals surface area contributed by atoms with Crippen LogP contribution in [0, 0.1) is 5.92 Å². The van der Waals surface area contributed by atoms with Crippen LogP contribution >= 0.6 is 0 Å². The van der Waals surface area contributed by atoms with E-state index < -0.39 is 11.7 Å². The summed E-state index contributed by atoms with van der Waals surface area (Å²) in [5.41, 5.74) is -0.651. The molecule has 0 radical (unpaired) electrons. The molecule has 1 heterocycles. The molecule has 5 heteroatoms. The van der Waals surface area contributed by atoms with Gasteiger partial charge in [-0.15, -0.1) is 0 Å². The van der Waals surface area contributed by atoms with Gasteiger partial charge in [-0.25, -0.2) is 4.98 Å². The van der Waals surface area contributed by atoms with E-state index in [0.717, 1.165) is 25.0 Å². The van der Waals surface area contributed by atoms with Crippen LogP contribution in [0.25, 0.3) is 0 Å². The lowest BCUT2D eigenvalue weighted by atomic mass is 10.1. The molecule has 94 valence electrons. The summed E-state index contributed by atoms with van der Waals surface area (Å²) in [6, 6.07) is 2.05. The van der Waals surface area contributed by atoms with Gasteiger partial charge in [-0.05, 0) is 30.9 Å². The molecule has 1 N–H and O–H groups in total. The minimum atomic E-state index is -4.30. The van der Waals surface area contributed by atoms with Crippen LogP contribution in [-0.2, 0) is 6.18 Å². The zero-order valence-corrected chi connectivity index (χ0v) is 9.43. The van der Waals surface area contributed by atoms with E-state index >= 15 is 0 Å². The number of anilines is 1. The summed E-state index contributed by atoms with van der Waals surface area (Å²) in [5, 5.41) is 2.99. The second-order valence-corrected chi connectivity index (χ2v) is 4.46. The molecule has 0 bridgehead atoms. The van der Waals surface area contributed by atoms with Gasteiger partial charge < -0.3 is 5.32 Å². The molecule has 17 heavy (non-hydrogen) atoms. The summed E-state index contributed by atoms with van der Waals surface area (Å²) in [5.74, 6) is 0.887. The first-order chi connectivity index (χ1) is 8.05. The topological polar surface area (TPSA) is 24.9 Å². The first-order valence-electron chi connectivity index (χ1n) is 5.83. The number of halogens is 3. The minimum absolute atomic E-state index is 0.312. The molecule has 0 amide bonds. The van der Waals surface area contributed by atoms with E-state index in [-0.39, 0.29) is 0 Å².